The van der Waals surface area contributed by atoms with Crippen LogP contribution in [0.15, 0.2) is 43.0 Å². The Morgan fingerprint density at radius 2 is 2.13 bits per heavy atom. The van der Waals surface area contributed by atoms with Crippen LogP contribution in [0.3, 0.4) is 0 Å². The average Bonchev–Trinajstić information content (AvgIpc) is 2.55. The molecule has 2 amide bonds. The summed E-state index contributed by atoms with van der Waals surface area (Å²) in [5.74, 6) is -0.235. The van der Waals surface area contributed by atoms with Crippen molar-refractivity contribution >= 4 is 11.8 Å². The second kappa shape index (κ2) is 6.56. The second-order valence-electron chi connectivity index (χ2n) is 5.62. The van der Waals surface area contributed by atoms with E-state index in [0.717, 1.165) is 16.7 Å². The standard InChI is InChI=1S/C17H18N4O2/c1-12-3-2-4-14(7-12)16-17(23)20-5-6-21(16)15(22)8-13-9-18-11-19-10-13/h2-4,7,9-11,16H,5-6,8H2,1H3,(H,20,23). The van der Waals surface area contributed by atoms with Crippen LogP contribution in [0.25, 0.3) is 0 Å². The van der Waals surface area contributed by atoms with Crippen molar-refractivity contribution in [3.8, 4) is 0 Å². The van der Waals surface area contributed by atoms with Gasteiger partial charge in [-0.1, -0.05) is 29.8 Å². The van der Waals surface area contributed by atoms with Gasteiger partial charge in [-0.15, -0.1) is 0 Å². The molecule has 1 fully saturated rings. The molecule has 1 unspecified atom stereocenters. The summed E-state index contributed by atoms with van der Waals surface area (Å²) in [4.78, 5) is 34.5. The fraction of sp³-hybridized carbons (Fsp3) is 0.294. The minimum absolute atomic E-state index is 0.0962. The molecule has 23 heavy (non-hydrogen) atoms. The first-order valence-corrected chi connectivity index (χ1v) is 7.53. The number of rotatable bonds is 3. The van der Waals surface area contributed by atoms with Gasteiger partial charge in [-0.05, 0) is 18.1 Å². The lowest BCUT2D eigenvalue weighted by Crippen LogP contribution is -2.52. The van der Waals surface area contributed by atoms with E-state index in [4.69, 9.17) is 0 Å². The van der Waals surface area contributed by atoms with E-state index in [1.807, 2.05) is 31.2 Å². The van der Waals surface area contributed by atoms with Gasteiger partial charge in [-0.2, -0.15) is 0 Å². The minimum Gasteiger partial charge on any atom is -0.352 e. The van der Waals surface area contributed by atoms with E-state index in [0.29, 0.717) is 13.1 Å². The lowest BCUT2D eigenvalue weighted by Gasteiger charge is -2.35. The van der Waals surface area contributed by atoms with Gasteiger partial charge in [-0.3, -0.25) is 9.59 Å². The first kappa shape index (κ1) is 15.1. The maximum absolute atomic E-state index is 12.7. The molecule has 1 atom stereocenters. The topological polar surface area (TPSA) is 75.2 Å². The summed E-state index contributed by atoms with van der Waals surface area (Å²) < 4.78 is 0. The number of carbonyl (C=O) groups is 2. The molecule has 1 aliphatic heterocycles. The molecule has 2 aromatic rings. The van der Waals surface area contributed by atoms with Crippen molar-refractivity contribution in [1.82, 2.24) is 20.2 Å². The number of aryl methyl sites for hydroxylation is 1. The Kier molecular flexibility index (Phi) is 4.32. The normalized spacial score (nSPS) is 17.7. The monoisotopic (exact) mass is 310 g/mol. The Labute approximate surface area is 134 Å². The molecule has 0 saturated carbocycles. The molecule has 0 aliphatic carbocycles. The van der Waals surface area contributed by atoms with E-state index in [9.17, 15) is 9.59 Å². The van der Waals surface area contributed by atoms with Gasteiger partial charge >= 0.3 is 0 Å². The number of nitrogens with zero attached hydrogens (tertiary/aromatic N) is 3. The van der Waals surface area contributed by atoms with Gasteiger partial charge in [0.05, 0.1) is 6.42 Å². The number of amides is 2. The first-order chi connectivity index (χ1) is 11.1. The number of piperazine rings is 1. The lowest BCUT2D eigenvalue weighted by atomic mass is 10.00. The largest absolute Gasteiger partial charge is 0.352 e. The summed E-state index contributed by atoms with van der Waals surface area (Å²) in [6.07, 6.45) is 4.86. The summed E-state index contributed by atoms with van der Waals surface area (Å²) in [5, 5.41) is 2.84. The summed E-state index contributed by atoms with van der Waals surface area (Å²) in [6, 6.07) is 7.12. The van der Waals surface area contributed by atoms with Gasteiger partial charge in [0.2, 0.25) is 11.8 Å². The van der Waals surface area contributed by atoms with E-state index in [-0.39, 0.29) is 18.2 Å². The van der Waals surface area contributed by atoms with Crippen LogP contribution in [0, 0.1) is 6.92 Å². The summed E-state index contributed by atoms with van der Waals surface area (Å²) >= 11 is 0. The molecule has 1 aromatic carbocycles. The summed E-state index contributed by atoms with van der Waals surface area (Å²) in [5.41, 5.74) is 2.64. The van der Waals surface area contributed by atoms with Crippen LogP contribution < -0.4 is 5.32 Å². The number of nitrogens with one attached hydrogen (secondary N) is 1. The smallest absolute Gasteiger partial charge is 0.247 e. The van der Waals surface area contributed by atoms with Crippen molar-refractivity contribution in [3.63, 3.8) is 0 Å². The van der Waals surface area contributed by atoms with Crippen LogP contribution in [0.4, 0.5) is 0 Å². The van der Waals surface area contributed by atoms with Crippen molar-refractivity contribution in [2.75, 3.05) is 13.1 Å². The number of aromatic nitrogens is 2. The summed E-state index contributed by atoms with van der Waals surface area (Å²) in [6.45, 7) is 2.94. The van der Waals surface area contributed by atoms with Gasteiger partial charge in [0.1, 0.15) is 12.4 Å². The fourth-order valence-corrected chi connectivity index (χ4v) is 2.80. The third-order valence-corrected chi connectivity index (χ3v) is 3.86. The van der Waals surface area contributed by atoms with Gasteiger partial charge in [0.25, 0.3) is 0 Å². The third-order valence-electron chi connectivity index (χ3n) is 3.86. The Bertz CT molecular complexity index is 718. The lowest BCUT2D eigenvalue weighted by molar-refractivity contribution is -0.143. The van der Waals surface area contributed by atoms with Crippen LogP contribution in [0.2, 0.25) is 0 Å². The highest BCUT2D eigenvalue weighted by molar-refractivity contribution is 5.90. The molecule has 1 aromatic heterocycles. The SMILES string of the molecule is Cc1cccc(C2C(=O)NCCN2C(=O)Cc2cncnc2)c1. The maximum atomic E-state index is 12.7. The zero-order valence-corrected chi connectivity index (χ0v) is 12.9. The number of carbonyl (C=O) groups excluding carboxylic acids is 2. The van der Waals surface area contributed by atoms with E-state index < -0.39 is 6.04 Å². The van der Waals surface area contributed by atoms with Crippen LogP contribution in [0.1, 0.15) is 22.7 Å². The van der Waals surface area contributed by atoms with Gasteiger partial charge in [0, 0.05) is 25.5 Å². The van der Waals surface area contributed by atoms with E-state index in [2.05, 4.69) is 15.3 Å². The minimum atomic E-state index is -0.583. The highest BCUT2D eigenvalue weighted by Gasteiger charge is 2.34. The van der Waals surface area contributed by atoms with Crippen molar-refractivity contribution < 1.29 is 9.59 Å². The Hall–Kier alpha value is -2.76. The van der Waals surface area contributed by atoms with E-state index in [1.165, 1.54) is 6.33 Å². The zero-order chi connectivity index (χ0) is 16.2. The highest BCUT2D eigenvalue weighted by Crippen LogP contribution is 2.24. The predicted octanol–water partition coefficient (Wildman–Crippen LogP) is 1.03. The molecular formula is C17H18N4O2. The average molecular weight is 310 g/mol. The molecule has 118 valence electrons. The first-order valence-electron chi connectivity index (χ1n) is 7.53. The van der Waals surface area contributed by atoms with Crippen LogP contribution in [-0.4, -0.2) is 39.8 Å². The maximum Gasteiger partial charge on any atom is 0.247 e. The van der Waals surface area contributed by atoms with Crippen molar-refractivity contribution in [3.05, 3.63) is 59.7 Å². The van der Waals surface area contributed by atoms with Gasteiger partial charge < -0.3 is 10.2 Å². The molecule has 1 saturated heterocycles. The Balaban J connectivity index is 1.86. The number of benzene rings is 1. The predicted molar refractivity (Wildman–Crippen MR) is 84.4 cm³/mol. The molecule has 2 heterocycles. The second-order valence-corrected chi connectivity index (χ2v) is 5.62. The Morgan fingerprint density at radius 3 is 2.87 bits per heavy atom. The van der Waals surface area contributed by atoms with Crippen LogP contribution >= 0.6 is 0 Å². The van der Waals surface area contributed by atoms with Crippen LogP contribution in [-0.2, 0) is 16.0 Å². The van der Waals surface area contributed by atoms with Crippen LogP contribution in [0.5, 0.6) is 0 Å². The molecule has 0 spiro atoms. The van der Waals surface area contributed by atoms with E-state index in [1.54, 1.807) is 17.3 Å². The molecule has 1 N–H and O–H groups in total. The van der Waals surface area contributed by atoms with Crippen molar-refractivity contribution in [2.24, 2.45) is 0 Å². The molecule has 3 rings (SSSR count). The molecular weight excluding hydrogens is 292 g/mol. The zero-order valence-electron chi connectivity index (χ0n) is 12.9. The van der Waals surface area contributed by atoms with E-state index >= 15 is 0 Å². The molecule has 6 nitrogen and oxygen atoms in total. The third kappa shape index (κ3) is 3.36. The number of hydrogen-bond acceptors (Lipinski definition) is 4. The number of hydrogen-bond donors (Lipinski definition) is 1. The van der Waals surface area contributed by atoms with Crippen molar-refractivity contribution in [1.29, 1.82) is 0 Å². The Morgan fingerprint density at radius 1 is 1.35 bits per heavy atom. The fourth-order valence-electron chi connectivity index (χ4n) is 2.80. The highest BCUT2D eigenvalue weighted by atomic mass is 16.2. The molecule has 0 radical (unpaired) electrons. The quantitative estimate of drug-likeness (QED) is 0.918. The molecule has 6 heteroatoms. The summed E-state index contributed by atoms with van der Waals surface area (Å²) in [7, 11) is 0. The van der Waals surface area contributed by atoms with Crippen molar-refractivity contribution in [2.45, 2.75) is 19.4 Å². The van der Waals surface area contributed by atoms with Gasteiger partial charge in [0.15, 0.2) is 0 Å². The molecule has 0 bridgehead atoms. The molecule has 1 aliphatic rings. The van der Waals surface area contributed by atoms with Gasteiger partial charge in [-0.25, -0.2) is 9.97 Å².